The number of hydrogen-bond acceptors (Lipinski definition) is 5. The number of aryl methyl sites for hydroxylation is 1. The summed E-state index contributed by atoms with van der Waals surface area (Å²) in [7, 11) is -2.99. The van der Waals surface area contributed by atoms with Crippen molar-refractivity contribution in [3.05, 3.63) is 46.7 Å². The molecule has 2 aromatic rings. The van der Waals surface area contributed by atoms with E-state index in [1.807, 2.05) is 30.3 Å². The topological polar surface area (TPSA) is 93.4 Å². The van der Waals surface area contributed by atoms with Crippen LogP contribution in [0.15, 0.2) is 35.4 Å². The highest BCUT2D eigenvalue weighted by Crippen LogP contribution is 2.22. The van der Waals surface area contributed by atoms with Gasteiger partial charge in [-0.05, 0) is 31.4 Å². The Morgan fingerprint density at radius 1 is 1.42 bits per heavy atom. The molecule has 1 aliphatic heterocycles. The minimum Gasteiger partial charge on any atom is -0.273 e. The maximum Gasteiger partial charge on any atom is 0.240 e. The van der Waals surface area contributed by atoms with Crippen molar-refractivity contribution in [2.75, 3.05) is 11.5 Å². The lowest BCUT2D eigenvalue weighted by molar-refractivity contribution is -0.121. The minimum absolute atomic E-state index is 0.0684. The van der Waals surface area contributed by atoms with E-state index >= 15 is 0 Å². The molecule has 0 bridgehead atoms. The molecule has 0 radical (unpaired) electrons. The van der Waals surface area contributed by atoms with Gasteiger partial charge in [-0.1, -0.05) is 29.8 Å². The van der Waals surface area contributed by atoms with Crippen LogP contribution in [0.2, 0.25) is 5.15 Å². The van der Waals surface area contributed by atoms with E-state index < -0.39 is 9.84 Å². The molecular weight excluding hydrogens is 376 g/mol. The zero-order valence-electron chi connectivity index (χ0n) is 14.2. The first-order valence-corrected chi connectivity index (χ1v) is 10.4. The maximum absolute atomic E-state index is 11.9. The van der Waals surface area contributed by atoms with Crippen molar-refractivity contribution in [3.8, 4) is 5.69 Å². The van der Waals surface area contributed by atoms with Gasteiger partial charge in [0.1, 0.15) is 5.15 Å². The average molecular weight is 395 g/mol. The molecule has 138 valence electrons. The fraction of sp³-hybridized carbons (Fsp3) is 0.353. The van der Waals surface area contributed by atoms with E-state index in [4.69, 9.17) is 11.6 Å². The molecule has 1 N–H and O–H groups in total. The second-order valence-electron chi connectivity index (χ2n) is 6.30. The molecule has 1 aromatic carbocycles. The van der Waals surface area contributed by atoms with Crippen LogP contribution in [-0.4, -0.2) is 41.8 Å². The maximum atomic E-state index is 11.9. The lowest BCUT2D eigenvalue weighted by atomic mass is 10.1. The lowest BCUT2D eigenvalue weighted by Gasteiger charge is -2.05. The number of nitrogens with zero attached hydrogens (tertiary/aromatic N) is 3. The van der Waals surface area contributed by atoms with E-state index in [-0.39, 0.29) is 29.8 Å². The first-order valence-electron chi connectivity index (χ1n) is 8.18. The molecule has 1 fully saturated rings. The van der Waals surface area contributed by atoms with Gasteiger partial charge in [-0.15, -0.1) is 0 Å². The summed E-state index contributed by atoms with van der Waals surface area (Å²) in [6, 6.07) is 9.45. The van der Waals surface area contributed by atoms with Crippen LogP contribution in [0.25, 0.3) is 5.69 Å². The quantitative estimate of drug-likeness (QED) is 0.620. The highest BCUT2D eigenvalue weighted by atomic mass is 35.5. The average Bonchev–Trinajstić information content (AvgIpc) is 3.08. The molecule has 7 nitrogen and oxygen atoms in total. The molecule has 0 saturated carbocycles. The molecule has 3 rings (SSSR count). The highest BCUT2D eigenvalue weighted by Gasteiger charge is 2.29. The second-order valence-corrected chi connectivity index (χ2v) is 8.89. The largest absolute Gasteiger partial charge is 0.273 e. The lowest BCUT2D eigenvalue weighted by Crippen LogP contribution is -2.21. The smallest absolute Gasteiger partial charge is 0.240 e. The molecule has 0 unspecified atom stereocenters. The summed E-state index contributed by atoms with van der Waals surface area (Å²) in [5.41, 5.74) is 4.54. The van der Waals surface area contributed by atoms with Gasteiger partial charge in [-0.3, -0.25) is 4.79 Å². The summed E-state index contributed by atoms with van der Waals surface area (Å²) in [6.45, 7) is 1.80. The number of sulfone groups is 1. The van der Waals surface area contributed by atoms with Gasteiger partial charge >= 0.3 is 0 Å². The van der Waals surface area contributed by atoms with Crippen LogP contribution in [0.5, 0.6) is 0 Å². The van der Waals surface area contributed by atoms with Crippen molar-refractivity contribution in [3.63, 3.8) is 0 Å². The predicted octanol–water partition coefficient (Wildman–Crippen LogP) is 2.11. The number of carbonyl (C=O) groups excluding carboxylic acids is 1. The number of amides is 1. The Morgan fingerprint density at radius 2 is 2.15 bits per heavy atom. The van der Waals surface area contributed by atoms with Crippen LogP contribution in [-0.2, 0) is 14.6 Å². The van der Waals surface area contributed by atoms with Crippen molar-refractivity contribution < 1.29 is 13.2 Å². The standard InChI is InChI=1S/C17H19ClN4O3S/c1-12-15(17(18)22(21-12)14-5-3-2-4-6-14)10-19-20-16(23)9-13-7-8-26(24,25)11-13/h2-6,10,13H,7-9,11H2,1H3,(H,20,23)/b19-10-/t13-/m1/s1. The van der Waals surface area contributed by atoms with Crippen LogP contribution in [0.1, 0.15) is 24.1 Å². The van der Waals surface area contributed by atoms with Gasteiger partial charge in [0.05, 0.1) is 34.7 Å². The number of para-hydroxylation sites is 1. The molecule has 1 aromatic heterocycles. The van der Waals surface area contributed by atoms with Gasteiger partial charge < -0.3 is 0 Å². The number of hydrazone groups is 1. The summed E-state index contributed by atoms with van der Waals surface area (Å²) >= 11 is 6.38. The van der Waals surface area contributed by atoms with E-state index in [0.717, 1.165) is 5.69 Å². The summed E-state index contributed by atoms with van der Waals surface area (Å²) in [6.07, 6.45) is 2.12. The Balaban J connectivity index is 1.64. The third-order valence-electron chi connectivity index (χ3n) is 4.23. The number of hydrogen-bond donors (Lipinski definition) is 1. The highest BCUT2D eigenvalue weighted by molar-refractivity contribution is 7.91. The second kappa shape index (κ2) is 7.59. The molecule has 1 amide bonds. The van der Waals surface area contributed by atoms with Gasteiger partial charge in [0, 0.05) is 6.42 Å². The van der Waals surface area contributed by atoms with E-state index in [9.17, 15) is 13.2 Å². The Hall–Kier alpha value is -2.19. The van der Waals surface area contributed by atoms with E-state index in [0.29, 0.717) is 22.8 Å². The van der Waals surface area contributed by atoms with E-state index in [1.54, 1.807) is 11.6 Å². The Kier molecular flexibility index (Phi) is 5.43. The zero-order valence-corrected chi connectivity index (χ0v) is 15.8. The third kappa shape index (κ3) is 4.31. The van der Waals surface area contributed by atoms with Crippen molar-refractivity contribution in [2.24, 2.45) is 11.0 Å². The number of benzene rings is 1. The molecule has 0 aliphatic carbocycles. The third-order valence-corrected chi connectivity index (χ3v) is 6.43. The summed E-state index contributed by atoms with van der Waals surface area (Å²) < 4.78 is 24.5. The van der Waals surface area contributed by atoms with Crippen LogP contribution < -0.4 is 5.43 Å². The fourth-order valence-corrected chi connectivity index (χ4v) is 5.09. The van der Waals surface area contributed by atoms with E-state index in [2.05, 4.69) is 15.6 Å². The number of carbonyl (C=O) groups is 1. The molecule has 1 aliphatic rings. The van der Waals surface area contributed by atoms with Crippen LogP contribution >= 0.6 is 11.6 Å². The van der Waals surface area contributed by atoms with Crippen molar-refractivity contribution in [1.82, 2.24) is 15.2 Å². The SMILES string of the molecule is Cc1nn(-c2ccccc2)c(Cl)c1/C=N\NC(=O)C[C@H]1CCS(=O)(=O)C1. The summed E-state index contributed by atoms with van der Waals surface area (Å²) in [4.78, 5) is 11.9. The Bertz CT molecular complexity index is 938. The first-order chi connectivity index (χ1) is 12.4. The van der Waals surface area contributed by atoms with Gasteiger partial charge in [0.15, 0.2) is 9.84 Å². The molecular formula is C17H19ClN4O3S. The first kappa shape index (κ1) is 18.6. The molecule has 2 heterocycles. The summed E-state index contributed by atoms with van der Waals surface area (Å²) in [5, 5.41) is 8.73. The monoisotopic (exact) mass is 394 g/mol. The normalized spacial score (nSPS) is 19.1. The van der Waals surface area contributed by atoms with Gasteiger partial charge in [0.25, 0.3) is 0 Å². The van der Waals surface area contributed by atoms with Crippen LogP contribution in [0.4, 0.5) is 0 Å². The molecule has 0 spiro atoms. The van der Waals surface area contributed by atoms with Gasteiger partial charge in [-0.25, -0.2) is 18.5 Å². The van der Waals surface area contributed by atoms with Crippen LogP contribution in [0.3, 0.4) is 0 Å². The molecule has 9 heteroatoms. The number of halogens is 1. The minimum atomic E-state index is -2.99. The molecule has 1 saturated heterocycles. The number of rotatable bonds is 5. The molecule has 26 heavy (non-hydrogen) atoms. The van der Waals surface area contributed by atoms with Crippen molar-refractivity contribution in [2.45, 2.75) is 19.8 Å². The number of nitrogens with one attached hydrogen (secondary N) is 1. The summed E-state index contributed by atoms with van der Waals surface area (Å²) in [5.74, 6) is -0.227. The predicted molar refractivity (Wildman–Crippen MR) is 100 cm³/mol. The molecule has 1 atom stereocenters. The van der Waals surface area contributed by atoms with Gasteiger partial charge in [0.2, 0.25) is 5.91 Å². The fourth-order valence-electron chi connectivity index (χ4n) is 2.91. The van der Waals surface area contributed by atoms with Crippen molar-refractivity contribution >= 4 is 33.6 Å². The zero-order chi connectivity index (χ0) is 18.7. The Labute approximate surface area is 157 Å². The number of aromatic nitrogens is 2. The van der Waals surface area contributed by atoms with E-state index in [1.165, 1.54) is 6.21 Å². The Morgan fingerprint density at radius 3 is 2.81 bits per heavy atom. The van der Waals surface area contributed by atoms with Crippen molar-refractivity contribution in [1.29, 1.82) is 0 Å². The van der Waals surface area contributed by atoms with Gasteiger partial charge in [-0.2, -0.15) is 10.2 Å². The van der Waals surface area contributed by atoms with Crippen LogP contribution in [0, 0.1) is 12.8 Å².